The maximum atomic E-state index is 13.6. The van der Waals surface area contributed by atoms with E-state index in [1.807, 2.05) is 67.6 Å². The molecule has 0 saturated carbocycles. The molecule has 138 valence electrons. The topological polar surface area (TPSA) is 53.1 Å². The molecule has 0 aliphatic rings. The van der Waals surface area contributed by atoms with E-state index in [1.165, 1.54) is 6.07 Å². The fourth-order valence-corrected chi connectivity index (χ4v) is 3.82. The third-order valence-electron chi connectivity index (χ3n) is 4.74. The standard InChI is InChI=1S/C24H18BrNO2/c1-15-21(16-8-4-2-5-9-16)22(23(26-15)17-10-6-3-7-11-17)24(28)19-14-18(25)12-13-20(19)27/h2-14,26-27H,1H3. The molecule has 1 aromatic heterocycles. The smallest absolute Gasteiger partial charge is 0.199 e. The van der Waals surface area contributed by atoms with Crippen molar-refractivity contribution in [1.29, 1.82) is 0 Å². The number of aromatic amines is 1. The number of rotatable bonds is 4. The van der Waals surface area contributed by atoms with Gasteiger partial charge < -0.3 is 10.1 Å². The summed E-state index contributed by atoms with van der Waals surface area (Å²) in [6.45, 7) is 1.96. The first-order valence-corrected chi connectivity index (χ1v) is 9.72. The first-order chi connectivity index (χ1) is 13.6. The molecule has 0 unspecified atom stereocenters. The number of halogens is 1. The van der Waals surface area contributed by atoms with Crippen LogP contribution in [0.1, 0.15) is 21.6 Å². The zero-order valence-electron chi connectivity index (χ0n) is 15.2. The highest BCUT2D eigenvalue weighted by atomic mass is 79.9. The number of ketones is 1. The second-order valence-corrected chi connectivity index (χ2v) is 7.51. The van der Waals surface area contributed by atoms with Crippen LogP contribution in [-0.2, 0) is 0 Å². The van der Waals surface area contributed by atoms with E-state index in [9.17, 15) is 9.90 Å². The molecular weight excluding hydrogens is 414 g/mol. The number of aromatic hydroxyl groups is 1. The number of nitrogens with one attached hydrogen (secondary N) is 1. The van der Waals surface area contributed by atoms with Gasteiger partial charge in [0.15, 0.2) is 5.78 Å². The quantitative estimate of drug-likeness (QED) is 0.369. The lowest BCUT2D eigenvalue weighted by atomic mass is 9.92. The molecule has 2 N–H and O–H groups in total. The molecule has 3 aromatic carbocycles. The minimum absolute atomic E-state index is 0.0370. The van der Waals surface area contributed by atoms with Crippen LogP contribution in [-0.4, -0.2) is 15.9 Å². The predicted octanol–water partition coefficient (Wildman–Crippen LogP) is 6.36. The Morgan fingerprint density at radius 3 is 2.14 bits per heavy atom. The van der Waals surface area contributed by atoms with Crippen molar-refractivity contribution in [2.45, 2.75) is 6.92 Å². The van der Waals surface area contributed by atoms with Crippen molar-refractivity contribution in [3.63, 3.8) is 0 Å². The minimum Gasteiger partial charge on any atom is -0.507 e. The maximum Gasteiger partial charge on any atom is 0.199 e. The van der Waals surface area contributed by atoms with Gasteiger partial charge in [-0.1, -0.05) is 76.6 Å². The molecule has 4 aromatic rings. The molecule has 0 atom stereocenters. The van der Waals surface area contributed by atoms with Crippen LogP contribution in [0.2, 0.25) is 0 Å². The highest BCUT2D eigenvalue weighted by Crippen LogP contribution is 2.38. The monoisotopic (exact) mass is 431 g/mol. The fraction of sp³-hybridized carbons (Fsp3) is 0.0417. The molecule has 0 spiro atoms. The van der Waals surface area contributed by atoms with E-state index >= 15 is 0 Å². The lowest BCUT2D eigenvalue weighted by molar-refractivity contribution is 0.103. The highest BCUT2D eigenvalue weighted by molar-refractivity contribution is 9.10. The van der Waals surface area contributed by atoms with Crippen molar-refractivity contribution < 1.29 is 9.90 Å². The number of carbonyl (C=O) groups excluding carboxylic acids is 1. The van der Waals surface area contributed by atoms with Gasteiger partial charge in [-0.05, 0) is 36.2 Å². The van der Waals surface area contributed by atoms with Crippen LogP contribution in [0.15, 0.2) is 83.3 Å². The fourth-order valence-electron chi connectivity index (χ4n) is 3.46. The Morgan fingerprint density at radius 2 is 1.50 bits per heavy atom. The summed E-state index contributed by atoms with van der Waals surface area (Å²) in [6, 6.07) is 24.5. The summed E-state index contributed by atoms with van der Waals surface area (Å²) in [4.78, 5) is 17.0. The van der Waals surface area contributed by atoms with E-state index in [-0.39, 0.29) is 17.1 Å². The lowest BCUT2D eigenvalue weighted by Crippen LogP contribution is -2.04. The van der Waals surface area contributed by atoms with Gasteiger partial charge in [-0.25, -0.2) is 0 Å². The van der Waals surface area contributed by atoms with Gasteiger partial charge in [0.1, 0.15) is 5.75 Å². The second-order valence-electron chi connectivity index (χ2n) is 6.60. The zero-order valence-corrected chi connectivity index (χ0v) is 16.8. The van der Waals surface area contributed by atoms with E-state index in [0.717, 1.165) is 32.6 Å². The SMILES string of the molecule is Cc1[nH]c(-c2ccccc2)c(C(=O)c2cc(Br)ccc2O)c1-c1ccccc1. The number of phenolic OH excluding ortho intramolecular Hbond substituents is 1. The maximum absolute atomic E-state index is 13.6. The lowest BCUT2D eigenvalue weighted by Gasteiger charge is -2.10. The number of phenols is 1. The van der Waals surface area contributed by atoms with Gasteiger partial charge in [0.25, 0.3) is 0 Å². The normalized spacial score (nSPS) is 10.8. The molecule has 0 saturated heterocycles. The van der Waals surface area contributed by atoms with E-state index in [0.29, 0.717) is 5.56 Å². The summed E-state index contributed by atoms with van der Waals surface area (Å²) in [5, 5.41) is 10.3. The summed E-state index contributed by atoms with van der Waals surface area (Å²) in [6.07, 6.45) is 0. The van der Waals surface area contributed by atoms with Gasteiger partial charge in [-0.15, -0.1) is 0 Å². The van der Waals surface area contributed by atoms with Crippen molar-refractivity contribution in [2.24, 2.45) is 0 Å². The summed E-state index contributed by atoms with van der Waals surface area (Å²) in [7, 11) is 0. The summed E-state index contributed by atoms with van der Waals surface area (Å²) in [5.74, 6) is -0.258. The molecule has 0 aliphatic carbocycles. The van der Waals surface area contributed by atoms with Crippen molar-refractivity contribution in [3.8, 4) is 28.1 Å². The van der Waals surface area contributed by atoms with Gasteiger partial charge in [0.2, 0.25) is 0 Å². The molecule has 0 radical (unpaired) electrons. The van der Waals surface area contributed by atoms with Gasteiger partial charge in [0, 0.05) is 15.7 Å². The number of aryl methyl sites for hydroxylation is 1. The van der Waals surface area contributed by atoms with Crippen molar-refractivity contribution >= 4 is 21.7 Å². The van der Waals surface area contributed by atoms with Crippen LogP contribution < -0.4 is 0 Å². The Kier molecular flexibility index (Phi) is 4.88. The summed E-state index contributed by atoms with van der Waals surface area (Å²) in [5.41, 5.74) is 5.21. The van der Waals surface area contributed by atoms with E-state index < -0.39 is 0 Å². The van der Waals surface area contributed by atoms with Crippen LogP contribution >= 0.6 is 15.9 Å². The Hall–Kier alpha value is -3.11. The second kappa shape index (κ2) is 7.49. The van der Waals surface area contributed by atoms with Gasteiger partial charge in [-0.3, -0.25) is 4.79 Å². The Bertz CT molecular complexity index is 1150. The molecule has 1 heterocycles. The molecule has 0 amide bonds. The first-order valence-electron chi connectivity index (χ1n) is 8.93. The molecule has 28 heavy (non-hydrogen) atoms. The van der Waals surface area contributed by atoms with Crippen LogP contribution in [0.3, 0.4) is 0 Å². The highest BCUT2D eigenvalue weighted by Gasteiger charge is 2.26. The number of carbonyl (C=O) groups is 1. The molecule has 3 nitrogen and oxygen atoms in total. The summed E-state index contributed by atoms with van der Waals surface area (Å²) >= 11 is 3.40. The van der Waals surface area contributed by atoms with Gasteiger partial charge in [0.05, 0.1) is 16.8 Å². The molecule has 4 rings (SSSR count). The van der Waals surface area contributed by atoms with Crippen molar-refractivity contribution in [2.75, 3.05) is 0 Å². The van der Waals surface area contributed by atoms with E-state index in [2.05, 4.69) is 20.9 Å². The van der Waals surface area contributed by atoms with Crippen LogP contribution in [0, 0.1) is 6.92 Å². The minimum atomic E-state index is -0.221. The summed E-state index contributed by atoms with van der Waals surface area (Å²) < 4.78 is 0.739. The average Bonchev–Trinajstić information content (AvgIpc) is 3.07. The predicted molar refractivity (Wildman–Crippen MR) is 116 cm³/mol. The van der Waals surface area contributed by atoms with Gasteiger partial charge >= 0.3 is 0 Å². The third-order valence-corrected chi connectivity index (χ3v) is 5.24. The van der Waals surface area contributed by atoms with E-state index in [1.54, 1.807) is 12.1 Å². The number of H-pyrrole nitrogens is 1. The Balaban J connectivity index is 2.01. The van der Waals surface area contributed by atoms with Crippen LogP contribution in [0.4, 0.5) is 0 Å². The zero-order chi connectivity index (χ0) is 19.7. The molecular formula is C24H18BrNO2. The molecule has 0 bridgehead atoms. The number of hydrogen-bond acceptors (Lipinski definition) is 2. The molecule has 0 aliphatic heterocycles. The van der Waals surface area contributed by atoms with Crippen molar-refractivity contribution in [1.82, 2.24) is 4.98 Å². The average molecular weight is 432 g/mol. The largest absolute Gasteiger partial charge is 0.507 e. The Labute approximate surface area is 171 Å². The van der Waals surface area contributed by atoms with Crippen LogP contribution in [0.25, 0.3) is 22.4 Å². The first kappa shape index (κ1) is 18.3. The van der Waals surface area contributed by atoms with Gasteiger partial charge in [-0.2, -0.15) is 0 Å². The number of aromatic nitrogens is 1. The van der Waals surface area contributed by atoms with E-state index in [4.69, 9.17) is 0 Å². The molecule has 4 heteroatoms. The molecule has 0 fully saturated rings. The number of hydrogen-bond donors (Lipinski definition) is 2. The Morgan fingerprint density at radius 1 is 0.893 bits per heavy atom. The number of benzene rings is 3. The van der Waals surface area contributed by atoms with Crippen LogP contribution in [0.5, 0.6) is 5.75 Å². The van der Waals surface area contributed by atoms with Crippen molar-refractivity contribution in [3.05, 3.63) is 100 Å². The third kappa shape index (κ3) is 3.27.